The lowest BCUT2D eigenvalue weighted by atomic mass is 10.0. The third-order valence-corrected chi connectivity index (χ3v) is 13.0. The van der Waals surface area contributed by atoms with Crippen LogP contribution in [0.3, 0.4) is 0 Å². The van der Waals surface area contributed by atoms with Crippen LogP contribution in [0.25, 0.3) is 0 Å². The summed E-state index contributed by atoms with van der Waals surface area (Å²) < 4.78 is 5.48. The van der Waals surface area contributed by atoms with Gasteiger partial charge in [-0.05, 0) is 57.8 Å². The molecule has 63 heavy (non-hydrogen) atoms. The third-order valence-electron chi connectivity index (χ3n) is 13.0. The summed E-state index contributed by atoms with van der Waals surface area (Å²) in [7, 11) is 0. The second-order valence-corrected chi connectivity index (χ2v) is 19.3. The van der Waals surface area contributed by atoms with Crippen LogP contribution >= 0.6 is 0 Å². The molecule has 0 rings (SSSR count). The first-order valence-corrected chi connectivity index (χ1v) is 28.1. The molecular weight excluding hydrogens is 779 g/mol. The number of rotatable bonds is 52. The Morgan fingerprint density at radius 3 is 1.22 bits per heavy atom. The SMILES string of the molecule is CCCCCC/C=C\C/C=C\CCCCCCCCCC(=O)OCCCCCCCCCCCCCCCCCC(=O)NC(CO)C(O)CCCCCCCCCCCCCCC. The highest BCUT2D eigenvalue weighted by Gasteiger charge is 2.20. The van der Waals surface area contributed by atoms with Crippen LogP contribution in [0.15, 0.2) is 24.3 Å². The Kier molecular flexibility index (Phi) is 51.6. The van der Waals surface area contributed by atoms with Crippen molar-refractivity contribution >= 4 is 11.9 Å². The Morgan fingerprint density at radius 2 is 0.794 bits per heavy atom. The number of carbonyl (C=O) groups is 2. The van der Waals surface area contributed by atoms with Crippen LogP contribution in [-0.4, -0.2) is 47.4 Å². The molecule has 0 aliphatic rings. The molecule has 0 heterocycles. The predicted octanol–water partition coefficient (Wildman–Crippen LogP) is 17.1. The summed E-state index contributed by atoms with van der Waals surface area (Å²) in [5, 5.41) is 23.2. The van der Waals surface area contributed by atoms with Gasteiger partial charge in [0.15, 0.2) is 0 Å². The van der Waals surface area contributed by atoms with Gasteiger partial charge in [0.1, 0.15) is 0 Å². The number of hydrogen-bond donors (Lipinski definition) is 3. The highest BCUT2D eigenvalue weighted by molar-refractivity contribution is 5.76. The second-order valence-electron chi connectivity index (χ2n) is 19.3. The molecule has 0 aliphatic carbocycles. The first-order chi connectivity index (χ1) is 31.0. The average Bonchev–Trinajstić information content (AvgIpc) is 3.28. The number of amides is 1. The number of unbranched alkanes of at least 4 members (excludes halogenated alkanes) is 37. The van der Waals surface area contributed by atoms with Crippen molar-refractivity contribution in [3.05, 3.63) is 24.3 Å². The summed E-state index contributed by atoms with van der Waals surface area (Å²) in [6.45, 7) is 4.92. The van der Waals surface area contributed by atoms with Gasteiger partial charge in [0.05, 0.1) is 25.4 Å². The van der Waals surface area contributed by atoms with Crippen molar-refractivity contribution in [2.45, 2.75) is 315 Å². The van der Waals surface area contributed by atoms with Crippen molar-refractivity contribution in [1.29, 1.82) is 0 Å². The monoisotopic (exact) mass is 888 g/mol. The van der Waals surface area contributed by atoms with Crippen molar-refractivity contribution < 1.29 is 24.5 Å². The molecule has 0 fully saturated rings. The summed E-state index contributed by atoms with van der Waals surface area (Å²) in [6, 6.07) is -0.547. The zero-order chi connectivity index (χ0) is 45.8. The summed E-state index contributed by atoms with van der Waals surface area (Å²) in [6.07, 6.45) is 63.0. The molecule has 0 aromatic heterocycles. The van der Waals surface area contributed by atoms with Crippen LogP contribution in [0.5, 0.6) is 0 Å². The van der Waals surface area contributed by atoms with Crippen molar-refractivity contribution in [2.24, 2.45) is 0 Å². The molecule has 0 saturated carbocycles. The van der Waals surface area contributed by atoms with Gasteiger partial charge in [-0.3, -0.25) is 9.59 Å². The fraction of sp³-hybridized carbons (Fsp3) is 0.895. The number of aliphatic hydroxyl groups excluding tert-OH is 2. The fourth-order valence-electron chi connectivity index (χ4n) is 8.67. The summed E-state index contributed by atoms with van der Waals surface area (Å²) in [5.74, 6) is -0.0499. The van der Waals surface area contributed by atoms with Crippen LogP contribution in [0.2, 0.25) is 0 Å². The van der Waals surface area contributed by atoms with E-state index in [0.717, 1.165) is 57.8 Å². The van der Waals surface area contributed by atoms with Crippen molar-refractivity contribution in [2.75, 3.05) is 13.2 Å². The topological polar surface area (TPSA) is 95.9 Å². The summed E-state index contributed by atoms with van der Waals surface area (Å²) in [5.41, 5.74) is 0. The fourth-order valence-corrected chi connectivity index (χ4v) is 8.67. The Morgan fingerprint density at radius 1 is 0.444 bits per heavy atom. The van der Waals surface area contributed by atoms with Gasteiger partial charge in [-0.2, -0.15) is 0 Å². The van der Waals surface area contributed by atoms with E-state index in [9.17, 15) is 19.8 Å². The molecule has 0 saturated heterocycles. The minimum atomic E-state index is -0.669. The van der Waals surface area contributed by atoms with E-state index >= 15 is 0 Å². The molecule has 2 unspecified atom stereocenters. The van der Waals surface area contributed by atoms with Crippen molar-refractivity contribution in [3.63, 3.8) is 0 Å². The molecule has 0 radical (unpaired) electrons. The molecule has 0 aliphatic heterocycles. The number of nitrogens with one attached hydrogen (secondary N) is 1. The minimum Gasteiger partial charge on any atom is -0.466 e. The smallest absolute Gasteiger partial charge is 0.305 e. The zero-order valence-corrected chi connectivity index (χ0v) is 42.3. The van der Waals surface area contributed by atoms with Gasteiger partial charge >= 0.3 is 5.97 Å². The van der Waals surface area contributed by atoms with E-state index in [0.29, 0.717) is 25.9 Å². The van der Waals surface area contributed by atoms with Gasteiger partial charge in [-0.25, -0.2) is 0 Å². The number of allylic oxidation sites excluding steroid dienone is 4. The van der Waals surface area contributed by atoms with Crippen LogP contribution in [0.1, 0.15) is 303 Å². The molecule has 0 bridgehead atoms. The molecular formula is C57H109NO5. The first kappa shape index (κ1) is 61.3. The molecule has 1 amide bonds. The quantitative estimate of drug-likeness (QED) is 0.0321. The maximum absolute atomic E-state index is 12.4. The number of aliphatic hydroxyl groups is 2. The van der Waals surface area contributed by atoms with Gasteiger partial charge in [-0.15, -0.1) is 0 Å². The summed E-state index contributed by atoms with van der Waals surface area (Å²) >= 11 is 0. The molecule has 3 N–H and O–H groups in total. The Balaban J connectivity index is 3.42. The lowest BCUT2D eigenvalue weighted by Gasteiger charge is -2.22. The molecule has 0 aromatic rings. The Labute approximate surface area is 392 Å². The number of esters is 1. The Hall–Kier alpha value is -1.66. The van der Waals surface area contributed by atoms with E-state index in [1.807, 2.05) is 0 Å². The standard InChI is InChI=1S/C57H109NO5/c1-3-5-7-9-11-13-15-17-18-19-20-23-27-31-35-39-43-47-51-57(62)63-52-48-44-40-36-32-28-24-21-22-26-30-34-38-42-46-50-56(61)58-54(53-59)55(60)49-45-41-37-33-29-25-16-14-12-10-8-6-4-2/h13,15,18-19,54-55,59-60H,3-12,14,16-17,20-53H2,1-2H3,(H,58,61)/b15-13-,19-18-. The van der Waals surface area contributed by atoms with Gasteiger partial charge in [0.2, 0.25) is 5.91 Å². The van der Waals surface area contributed by atoms with E-state index in [2.05, 4.69) is 43.5 Å². The number of hydrogen-bond acceptors (Lipinski definition) is 5. The maximum Gasteiger partial charge on any atom is 0.305 e. The molecule has 6 nitrogen and oxygen atoms in total. The van der Waals surface area contributed by atoms with Crippen molar-refractivity contribution in [3.8, 4) is 0 Å². The predicted molar refractivity (Wildman–Crippen MR) is 273 cm³/mol. The second kappa shape index (κ2) is 53.0. The zero-order valence-electron chi connectivity index (χ0n) is 42.3. The first-order valence-electron chi connectivity index (χ1n) is 28.1. The number of carbonyl (C=O) groups excluding carboxylic acids is 2. The van der Waals surface area contributed by atoms with Gasteiger partial charge in [-0.1, -0.05) is 256 Å². The van der Waals surface area contributed by atoms with Gasteiger partial charge < -0.3 is 20.3 Å². The van der Waals surface area contributed by atoms with E-state index in [4.69, 9.17) is 4.74 Å². The van der Waals surface area contributed by atoms with Crippen LogP contribution in [0.4, 0.5) is 0 Å². The van der Waals surface area contributed by atoms with Gasteiger partial charge in [0, 0.05) is 12.8 Å². The molecule has 0 aromatic carbocycles. The normalized spacial score (nSPS) is 12.8. The highest BCUT2D eigenvalue weighted by Crippen LogP contribution is 2.17. The third kappa shape index (κ3) is 49.6. The van der Waals surface area contributed by atoms with Crippen LogP contribution in [0, 0.1) is 0 Å². The van der Waals surface area contributed by atoms with Crippen LogP contribution in [-0.2, 0) is 14.3 Å². The average molecular weight is 889 g/mol. The Bertz CT molecular complexity index is 982. The lowest BCUT2D eigenvalue weighted by Crippen LogP contribution is -2.45. The minimum absolute atomic E-state index is 0.00648. The molecule has 6 heteroatoms. The van der Waals surface area contributed by atoms with Gasteiger partial charge in [0.25, 0.3) is 0 Å². The maximum atomic E-state index is 12.4. The van der Waals surface area contributed by atoms with E-state index in [1.165, 1.54) is 212 Å². The molecule has 0 spiro atoms. The molecule has 372 valence electrons. The number of ether oxygens (including phenoxy) is 1. The highest BCUT2D eigenvalue weighted by atomic mass is 16.5. The lowest BCUT2D eigenvalue weighted by molar-refractivity contribution is -0.143. The van der Waals surface area contributed by atoms with E-state index < -0.39 is 12.1 Å². The van der Waals surface area contributed by atoms with E-state index in [1.54, 1.807) is 0 Å². The van der Waals surface area contributed by atoms with Crippen molar-refractivity contribution in [1.82, 2.24) is 5.32 Å². The van der Waals surface area contributed by atoms with Crippen LogP contribution < -0.4 is 5.32 Å². The largest absolute Gasteiger partial charge is 0.466 e. The molecule has 2 atom stereocenters. The summed E-state index contributed by atoms with van der Waals surface area (Å²) in [4.78, 5) is 24.5. The van der Waals surface area contributed by atoms with E-state index in [-0.39, 0.29) is 18.5 Å².